The minimum absolute atomic E-state index is 0.0368. The second-order valence-electron chi connectivity index (χ2n) is 5.25. The van der Waals surface area contributed by atoms with Crippen molar-refractivity contribution in [2.45, 2.75) is 26.7 Å². The zero-order valence-electron chi connectivity index (χ0n) is 13.5. The van der Waals surface area contributed by atoms with Crippen LogP contribution >= 0.6 is 0 Å². The molecule has 0 amide bonds. The minimum atomic E-state index is -0.153. The molecule has 0 radical (unpaired) electrons. The van der Waals surface area contributed by atoms with E-state index in [0.29, 0.717) is 24.5 Å². The largest absolute Gasteiger partial charge is 0.507 e. The number of Topliss-reactive ketones (excluding diaryl/α,β-unsaturated/α-hetero) is 1. The summed E-state index contributed by atoms with van der Waals surface area (Å²) in [5.41, 5.74) is 1.25. The number of aryl methyl sites for hydroxylation is 1. The summed E-state index contributed by atoms with van der Waals surface area (Å²) in [6, 6.07) is 12.8. The molecular weight excluding hydrogens is 292 g/mol. The van der Waals surface area contributed by atoms with Gasteiger partial charge in [-0.25, -0.2) is 0 Å². The van der Waals surface area contributed by atoms with Crippen LogP contribution in [0.3, 0.4) is 0 Å². The number of aromatic hydroxyl groups is 1. The first-order chi connectivity index (χ1) is 11.1. The zero-order valence-corrected chi connectivity index (χ0v) is 13.5. The molecule has 0 bridgehead atoms. The number of phenols is 1. The molecule has 0 spiro atoms. The summed E-state index contributed by atoms with van der Waals surface area (Å²) in [5, 5.41) is 9.91. The maximum absolute atomic E-state index is 11.5. The third-order valence-electron chi connectivity index (χ3n) is 3.50. The van der Waals surface area contributed by atoms with E-state index in [1.165, 1.54) is 13.0 Å². The van der Waals surface area contributed by atoms with Crippen molar-refractivity contribution >= 4 is 5.78 Å². The van der Waals surface area contributed by atoms with Gasteiger partial charge < -0.3 is 14.6 Å². The molecule has 0 unspecified atom stereocenters. The summed E-state index contributed by atoms with van der Waals surface area (Å²) in [6.07, 6.45) is 1.46. The van der Waals surface area contributed by atoms with Crippen molar-refractivity contribution in [3.63, 3.8) is 0 Å². The Morgan fingerprint density at radius 1 is 1.09 bits per heavy atom. The first-order valence-corrected chi connectivity index (χ1v) is 7.79. The number of hydrogen-bond donors (Lipinski definition) is 1. The lowest BCUT2D eigenvalue weighted by Crippen LogP contribution is -2.06. The Hall–Kier alpha value is -2.49. The average molecular weight is 314 g/mol. The molecule has 4 nitrogen and oxygen atoms in total. The lowest BCUT2D eigenvalue weighted by molar-refractivity contribution is 0.101. The van der Waals surface area contributed by atoms with E-state index in [1.54, 1.807) is 6.07 Å². The van der Waals surface area contributed by atoms with Crippen molar-refractivity contribution in [1.29, 1.82) is 0 Å². The second kappa shape index (κ2) is 8.22. The molecule has 0 atom stereocenters. The van der Waals surface area contributed by atoms with Gasteiger partial charge in [0, 0.05) is 12.5 Å². The molecule has 0 fully saturated rings. The standard InChI is InChI=1S/C19H22O4/c1-3-15-12-17(14(2)20)18(21)13-19(15)23-11-7-10-22-16-8-5-4-6-9-16/h4-6,8-9,12-13,21H,3,7,10-11H2,1-2H3. The highest BCUT2D eigenvalue weighted by Crippen LogP contribution is 2.29. The van der Waals surface area contributed by atoms with Gasteiger partial charge in [-0.1, -0.05) is 25.1 Å². The van der Waals surface area contributed by atoms with Gasteiger partial charge in [-0.2, -0.15) is 0 Å². The van der Waals surface area contributed by atoms with Gasteiger partial charge in [0.15, 0.2) is 5.78 Å². The highest BCUT2D eigenvalue weighted by molar-refractivity contribution is 5.97. The Labute approximate surface area is 136 Å². The summed E-state index contributed by atoms with van der Waals surface area (Å²) in [6.45, 7) is 4.47. The van der Waals surface area contributed by atoms with E-state index in [1.807, 2.05) is 37.3 Å². The Morgan fingerprint density at radius 2 is 1.78 bits per heavy atom. The lowest BCUT2D eigenvalue weighted by Gasteiger charge is -2.13. The number of phenolic OH excluding ortho intramolecular Hbond substituents is 1. The van der Waals surface area contributed by atoms with Gasteiger partial charge in [-0.3, -0.25) is 4.79 Å². The number of carbonyl (C=O) groups is 1. The molecule has 2 aromatic rings. The Bertz CT molecular complexity index is 650. The van der Waals surface area contributed by atoms with E-state index < -0.39 is 0 Å². The van der Waals surface area contributed by atoms with E-state index >= 15 is 0 Å². The minimum Gasteiger partial charge on any atom is -0.507 e. The summed E-state index contributed by atoms with van der Waals surface area (Å²) in [7, 11) is 0. The van der Waals surface area contributed by atoms with Crippen molar-refractivity contribution in [3.8, 4) is 17.2 Å². The first-order valence-electron chi connectivity index (χ1n) is 7.79. The normalized spacial score (nSPS) is 10.3. The van der Waals surface area contributed by atoms with Gasteiger partial charge in [0.05, 0.1) is 18.8 Å². The number of ketones is 1. The monoisotopic (exact) mass is 314 g/mol. The van der Waals surface area contributed by atoms with Crippen LogP contribution in [0.2, 0.25) is 0 Å². The molecule has 2 aromatic carbocycles. The van der Waals surface area contributed by atoms with Crippen LogP contribution in [0.25, 0.3) is 0 Å². The van der Waals surface area contributed by atoms with E-state index in [0.717, 1.165) is 24.2 Å². The molecule has 0 saturated carbocycles. The molecule has 0 aromatic heterocycles. The summed E-state index contributed by atoms with van der Waals surface area (Å²) < 4.78 is 11.3. The third-order valence-corrected chi connectivity index (χ3v) is 3.50. The Morgan fingerprint density at radius 3 is 2.43 bits per heavy atom. The summed E-state index contributed by atoms with van der Waals surface area (Å²) in [5.74, 6) is 1.27. The molecule has 2 rings (SSSR count). The number of ether oxygens (including phenoxy) is 2. The van der Waals surface area contributed by atoms with Crippen LogP contribution < -0.4 is 9.47 Å². The molecule has 122 valence electrons. The van der Waals surface area contributed by atoms with Crippen LogP contribution in [0, 0.1) is 0 Å². The quantitative estimate of drug-likeness (QED) is 0.591. The maximum atomic E-state index is 11.5. The van der Waals surface area contributed by atoms with Crippen LogP contribution in [-0.4, -0.2) is 24.1 Å². The fourth-order valence-corrected chi connectivity index (χ4v) is 2.25. The van der Waals surface area contributed by atoms with Crippen LogP contribution in [0.4, 0.5) is 0 Å². The smallest absolute Gasteiger partial charge is 0.163 e. The molecule has 1 N–H and O–H groups in total. The molecule has 0 aliphatic carbocycles. The average Bonchev–Trinajstić information content (AvgIpc) is 2.55. The zero-order chi connectivity index (χ0) is 16.7. The van der Waals surface area contributed by atoms with Crippen molar-refractivity contribution in [2.24, 2.45) is 0 Å². The van der Waals surface area contributed by atoms with Crippen molar-refractivity contribution < 1.29 is 19.4 Å². The van der Waals surface area contributed by atoms with E-state index in [4.69, 9.17) is 9.47 Å². The van der Waals surface area contributed by atoms with E-state index in [9.17, 15) is 9.90 Å². The highest BCUT2D eigenvalue weighted by Gasteiger charge is 2.12. The molecular formula is C19H22O4. The fourth-order valence-electron chi connectivity index (χ4n) is 2.25. The van der Waals surface area contributed by atoms with Crippen LogP contribution in [0.15, 0.2) is 42.5 Å². The third kappa shape index (κ3) is 4.74. The topological polar surface area (TPSA) is 55.8 Å². The number of rotatable bonds is 8. The number of carbonyl (C=O) groups excluding carboxylic acids is 1. The van der Waals surface area contributed by atoms with Gasteiger partial charge >= 0.3 is 0 Å². The Kier molecular flexibility index (Phi) is 6.03. The molecule has 0 aliphatic heterocycles. The van der Waals surface area contributed by atoms with Crippen LogP contribution in [-0.2, 0) is 6.42 Å². The second-order valence-corrected chi connectivity index (χ2v) is 5.25. The fraction of sp³-hybridized carbons (Fsp3) is 0.316. The highest BCUT2D eigenvalue weighted by atomic mass is 16.5. The predicted octanol–water partition coefficient (Wildman–Crippen LogP) is 4.01. The molecule has 0 aliphatic rings. The summed E-state index contributed by atoms with van der Waals surface area (Å²) in [4.78, 5) is 11.5. The molecule has 23 heavy (non-hydrogen) atoms. The van der Waals surface area contributed by atoms with Gasteiger partial charge in [0.1, 0.15) is 17.2 Å². The molecule has 0 heterocycles. The van der Waals surface area contributed by atoms with Gasteiger partial charge in [-0.05, 0) is 37.1 Å². The van der Waals surface area contributed by atoms with Gasteiger partial charge in [0.2, 0.25) is 0 Å². The lowest BCUT2D eigenvalue weighted by atomic mass is 10.0. The molecule has 0 saturated heterocycles. The number of benzene rings is 2. The summed E-state index contributed by atoms with van der Waals surface area (Å²) >= 11 is 0. The SMILES string of the molecule is CCc1cc(C(C)=O)c(O)cc1OCCCOc1ccccc1. The van der Waals surface area contributed by atoms with Crippen molar-refractivity contribution in [1.82, 2.24) is 0 Å². The Balaban J connectivity index is 1.88. The van der Waals surface area contributed by atoms with Crippen molar-refractivity contribution in [2.75, 3.05) is 13.2 Å². The maximum Gasteiger partial charge on any atom is 0.163 e. The van der Waals surface area contributed by atoms with E-state index in [2.05, 4.69) is 0 Å². The van der Waals surface area contributed by atoms with Gasteiger partial charge in [0.25, 0.3) is 0 Å². The number of hydrogen-bond acceptors (Lipinski definition) is 4. The van der Waals surface area contributed by atoms with Crippen LogP contribution in [0.1, 0.15) is 36.2 Å². The number of para-hydroxylation sites is 1. The first kappa shape index (κ1) is 16.9. The van der Waals surface area contributed by atoms with Crippen LogP contribution in [0.5, 0.6) is 17.2 Å². The predicted molar refractivity (Wildman–Crippen MR) is 89.5 cm³/mol. The van der Waals surface area contributed by atoms with Crippen molar-refractivity contribution in [3.05, 3.63) is 53.6 Å². The molecule has 4 heteroatoms. The van der Waals surface area contributed by atoms with E-state index in [-0.39, 0.29) is 11.5 Å². The van der Waals surface area contributed by atoms with Gasteiger partial charge in [-0.15, -0.1) is 0 Å².